The fraction of sp³-hybridized carbons (Fsp3) is 0.357. The maximum absolute atomic E-state index is 13.1. The van der Waals surface area contributed by atoms with E-state index in [4.69, 9.17) is 9.15 Å². The van der Waals surface area contributed by atoms with Gasteiger partial charge in [0.2, 0.25) is 5.78 Å². The molecule has 4 heteroatoms. The lowest BCUT2D eigenvalue weighted by Crippen LogP contribution is -2.34. The molecule has 0 N–H and O–H groups in total. The summed E-state index contributed by atoms with van der Waals surface area (Å²) >= 11 is 0. The zero-order chi connectivity index (χ0) is 13.3. The summed E-state index contributed by atoms with van der Waals surface area (Å²) in [5.74, 6) is -0.415. The Kier molecular flexibility index (Phi) is 3.22. The summed E-state index contributed by atoms with van der Waals surface area (Å²) in [5.41, 5.74) is -0.451. The van der Waals surface area contributed by atoms with Crippen molar-refractivity contribution in [3.63, 3.8) is 0 Å². The number of halogens is 1. The topological polar surface area (TPSA) is 39.4 Å². The van der Waals surface area contributed by atoms with Crippen molar-refractivity contribution in [2.75, 3.05) is 6.61 Å². The smallest absolute Gasteiger partial charge is 0.229 e. The predicted octanol–water partition coefficient (Wildman–Crippen LogP) is 3.57. The first-order valence-corrected chi connectivity index (χ1v) is 5.82. The van der Waals surface area contributed by atoms with Crippen LogP contribution in [0.5, 0.6) is 0 Å². The molecule has 0 saturated carbocycles. The number of benzene rings is 1. The number of carbonyl (C=O) groups is 1. The van der Waals surface area contributed by atoms with E-state index < -0.39 is 5.60 Å². The Bertz CT molecular complexity index is 584. The average Bonchev–Trinajstić information content (AvgIpc) is 2.70. The van der Waals surface area contributed by atoms with Crippen LogP contribution in [0.2, 0.25) is 0 Å². The molecule has 0 bridgehead atoms. The van der Waals surface area contributed by atoms with Gasteiger partial charge in [-0.15, -0.1) is 0 Å². The van der Waals surface area contributed by atoms with Gasteiger partial charge in [0, 0.05) is 12.0 Å². The number of hydrogen-bond acceptors (Lipinski definition) is 3. The van der Waals surface area contributed by atoms with Crippen molar-refractivity contribution in [2.24, 2.45) is 0 Å². The maximum atomic E-state index is 13.1. The van der Waals surface area contributed by atoms with Crippen molar-refractivity contribution < 1.29 is 18.3 Å². The monoisotopic (exact) mass is 250 g/mol. The summed E-state index contributed by atoms with van der Waals surface area (Å²) in [4.78, 5) is 12.2. The molecule has 1 aromatic carbocycles. The highest BCUT2D eigenvalue weighted by Crippen LogP contribution is 2.24. The van der Waals surface area contributed by atoms with Gasteiger partial charge in [0.05, 0.1) is 0 Å². The number of Topliss-reactive ketones (excluding diaryl/α,β-unsaturated/α-hetero) is 1. The van der Waals surface area contributed by atoms with Gasteiger partial charge < -0.3 is 9.15 Å². The maximum Gasteiger partial charge on any atom is 0.229 e. The van der Waals surface area contributed by atoms with Crippen molar-refractivity contribution in [3.05, 3.63) is 35.8 Å². The minimum absolute atomic E-state index is 0.189. The first-order chi connectivity index (χ1) is 8.44. The number of rotatable bonds is 4. The van der Waals surface area contributed by atoms with Gasteiger partial charge in [-0.05, 0) is 45.0 Å². The number of carbonyl (C=O) groups excluding carboxylic acids is 1. The van der Waals surface area contributed by atoms with Crippen LogP contribution in [0.15, 0.2) is 28.7 Å². The molecule has 0 amide bonds. The largest absolute Gasteiger partial charge is 0.453 e. The Morgan fingerprint density at radius 2 is 2.11 bits per heavy atom. The van der Waals surface area contributed by atoms with E-state index in [-0.39, 0.29) is 17.4 Å². The third-order valence-electron chi connectivity index (χ3n) is 2.75. The van der Waals surface area contributed by atoms with Crippen LogP contribution in [0.25, 0.3) is 11.0 Å². The lowest BCUT2D eigenvalue weighted by Gasteiger charge is -2.21. The molecule has 0 radical (unpaired) electrons. The summed E-state index contributed by atoms with van der Waals surface area (Å²) in [6, 6.07) is 5.69. The molecular formula is C14H15FO3. The number of ketones is 1. The predicted molar refractivity (Wildman–Crippen MR) is 66.2 cm³/mol. The highest BCUT2D eigenvalue weighted by atomic mass is 19.1. The van der Waals surface area contributed by atoms with Crippen molar-refractivity contribution in [2.45, 2.75) is 26.4 Å². The van der Waals surface area contributed by atoms with Crippen LogP contribution >= 0.6 is 0 Å². The molecule has 0 aliphatic carbocycles. The summed E-state index contributed by atoms with van der Waals surface area (Å²) in [6.45, 7) is 5.63. The summed E-state index contributed by atoms with van der Waals surface area (Å²) in [6.07, 6.45) is 0. The standard InChI is InChI=1S/C14H15FO3/c1-4-17-14(2,3)13(16)12-8-9-7-10(15)5-6-11(9)18-12/h5-8H,4H2,1-3H3. The molecule has 0 atom stereocenters. The Labute approximate surface area is 105 Å². The second-order valence-corrected chi connectivity index (χ2v) is 4.57. The van der Waals surface area contributed by atoms with Gasteiger partial charge in [-0.1, -0.05) is 0 Å². The second kappa shape index (κ2) is 4.53. The third-order valence-corrected chi connectivity index (χ3v) is 2.75. The Hall–Kier alpha value is -1.68. The van der Waals surface area contributed by atoms with E-state index in [1.54, 1.807) is 19.9 Å². The van der Waals surface area contributed by atoms with E-state index in [2.05, 4.69) is 0 Å². The Morgan fingerprint density at radius 3 is 2.78 bits per heavy atom. The highest BCUT2D eigenvalue weighted by molar-refractivity contribution is 6.02. The fourth-order valence-corrected chi connectivity index (χ4v) is 1.85. The number of hydrogen-bond donors (Lipinski definition) is 0. The van der Waals surface area contributed by atoms with E-state index in [0.29, 0.717) is 17.6 Å². The van der Waals surface area contributed by atoms with Gasteiger partial charge in [0.15, 0.2) is 5.76 Å². The molecule has 18 heavy (non-hydrogen) atoms. The van der Waals surface area contributed by atoms with Crippen molar-refractivity contribution in [3.8, 4) is 0 Å². The molecular weight excluding hydrogens is 235 g/mol. The average molecular weight is 250 g/mol. The molecule has 1 heterocycles. The summed E-state index contributed by atoms with van der Waals surface area (Å²) in [5, 5.41) is 0.575. The van der Waals surface area contributed by atoms with Gasteiger partial charge in [0.1, 0.15) is 17.0 Å². The molecule has 0 aliphatic rings. The summed E-state index contributed by atoms with van der Waals surface area (Å²) < 4.78 is 23.9. The Balaban J connectivity index is 2.39. The van der Waals surface area contributed by atoms with Crippen LogP contribution in [0.3, 0.4) is 0 Å². The first-order valence-electron chi connectivity index (χ1n) is 5.82. The number of ether oxygens (including phenoxy) is 1. The lowest BCUT2D eigenvalue weighted by atomic mass is 10.0. The van der Waals surface area contributed by atoms with E-state index >= 15 is 0 Å². The van der Waals surface area contributed by atoms with Crippen LogP contribution in [0.1, 0.15) is 31.3 Å². The minimum atomic E-state index is -0.943. The van der Waals surface area contributed by atoms with Gasteiger partial charge in [0.25, 0.3) is 0 Å². The molecule has 2 aromatic rings. The number of fused-ring (bicyclic) bond motifs is 1. The first kappa shape index (κ1) is 12.8. The van der Waals surface area contributed by atoms with Crippen LogP contribution in [-0.4, -0.2) is 18.0 Å². The molecule has 0 saturated heterocycles. The molecule has 0 unspecified atom stereocenters. The Morgan fingerprint density at radius 1 is 1.39 bits per heavy atom. The van der Waals surface area contributed by atoms with Crippen LogP contribution in [0.4, 0.5) is 4.39 Å². The van der Waals surface area contributed by atoms with Gasteiger partial charge in [-0.2, -0.15) is 0 Å². The van der Waals surface area contributed by atoms with Crippen molar-refractivity contribution >= 4 is 16.8 Å². The van der Waals surface area contributed by atoms with Crippen LogP contribution in [-0.2, 0) is 4.74 Å². The van der Waals surface area contributed by atoms with Crippen molar-refractivity contribution in [1.29, 1.82) is 0 Å². The lowest BCUT2D eigenvalue weighted by molar-refractivity contribution is -0.000534. The molecule has 1 aromatic heterocycles. The van der Waals surface area contributed by atoms with Crippen LogP contribution < -0.4 is 0 Å². The van der Waals surface area contributed by atoms with Gasteiger partial charge in [-0.3, -0.25) is 4.79 Å². The molecule has 0 aliphatic heterocycles. The summed E-state index contributed by atoms with van der Waals surface area (Å²) in [7, 11) is 0. The molecule has 0 fully saturated rings. The van der Waals surface area contributed by atoms with E-state index in [1.807, 2.05) is 6.92 Å². The van der Waals surface area contributed by atoms with Gasteiger partial charge >= 0.3 is 0 Å². The molecule has 96 valence electrons. The SMILES string of the molecule is CCOC(C)(C)C(=O)c1cc2cc(F)ccc2o1. The number of furan rings is 1. The van der Waals surface area contributed by atoms with Crippen LogP contribution in [0, 0.1) is 5.82 Å². The zero-order valence-electron chi connectivity index (χ0n) is 10.6. The molecule has 3 nitrogen and oxygen atoms in total. The zero-order valence-corrected chi connectivity index (χ0v) is 10.6. The normalized spacial score (nSPS) is 12.0. The fourth-order valence-electron chi connectivity index (χ4n) is 1.85. The molecule has 0 spiro atoms. The van der Waals surface area contributed by atoms with E-state index in [0.717, 1.165) is 0 Å². The highest BCUT2D eigenvalue weighted by Gasteiger charge is 2.31. The minimum Gasteiger partial charge on any atom is -0.453 e. The quantitative estimate of drug-likeness (QED) is 0.779. The van der Waals surface area contributed by atoms with Gasteiger partial charge in [-0.25, -0.2) is 4.39 Å². The second-order valence-electron chi connectivity index (χ2n) is 4.57. The van der Waals surface area contributed by atoms with Crippen molar-refractivity contribution in [1.82, 2.24) is 0 Å². The molecule has 2 rings (SSSR count). The third kappa shape index (κ3) is 2.29. The van der Waals surface area contributed by atoms with E-state index in [9.17, 15) is 9.18 Å². The van der Waals surface area contributed by atoms with E-state index in [1.165, 1.54) is 18.2 Å².